The Morgan fingerprint density at radius 2 is 1.95 bits per heavy atom. The molecule has 1 N–H and O–H groups in total. The number of rotatable bonds is 7. The molecule has 0 aliphatic carbocycles. The van der Waals surface area contributed by atoms with Gasteiger partial charge in [-0.3, -0.25) is 4.98 Å². The van der Waals surface area contributed by atoms with Crippen LogP contribution >= 0.6 is 0 Å². The third kappa shape index (κ3) is 4.46. The average molecular weight is 268 g/mol. The molecule has 0 amide bonds. The molecule has 0 bridgehead atoms. The summed E-state index contributed by atoms with van der Waals surface area (Å²) in [4.78, 5) is 4.28. The molecule has 1 atom stereocenters. The van der Waals surface area contributed by atoms with Crippen molar-refractivity contribution in [3.8, 4) is 0 Å². The molecular weight excluding hydrogens is 244 g/mol. The summed E-state index contributed by atoms with van der Waals surface area (Å²) < 4.78 is 0. The average Bonchev–Trinajstić information content (AvgIpc) is 2.48. The minimum atomic E-state index is 0.427. The fourth-order valence-corrected chi connectivity index (χ4v) is 2.46. The van der Waals surface area contributed by atoms with Gasteiger partial charge in [0.15, 0.2) is 0 Å². The smallest absolute Gasteiger partial charge is 0.0323 e. The Kier molecular flexibility index (Phi) is 5.75. The maximum atomic E-state index is 4.28. The van der Waals surface area contributed by atoms with Crippen LogP contribution in [-0.2, 0) is 6.42 Å². The number of hydrogen-bond donors (Lipinski definition) is 1. The highest BCUT2D eigenvalue weighted by atomic mass is 14.9. The van der Waals surface area contributed by atoms with Crippen molar-refractivity contribution >= 4 is 0 Å². The first-order chi connectivity index (χ1) is 9.79. The number of aromatic nitrogens is 1. The van der Waals surface area contributed by atoms with Gasteiger partial charge in [0, 0.05) is 18.4 Å². The fourth-order valence-electron chi connectivity index (χ4n) is 2.46. The van der Waals surface area contributed by atoms with Gasteiger partial charge in [0.1, 0.15) is 0 Å². The van der Waals surface area contributed by atoms with Crippen molar-refractivity contribution in [3.63, 3.8) is 0 Å². The van der Waals surface area contributed by atoms with Gasteiger partial charge in [-0.15, -0.1) is 0 Å². The van der Waals surface area contributed by atoms with Gasteiger partial charge in [-0.05, 0) is 49.4 Å². The van der Waals surface area contributed by atoms with Gasteiger partial charge < -0.3 is 5.32 Å². The second kappa shape index (κ2) is 7.81. The molecule has 0 saturated carbocycles. The highest BCUT2D eigenvalue weighted by molar-refractivity contribution is 5.21. The first kappa shape index (κ1) is 14.7. The molecule has 1 unspecified atom stereocenters. The molecule has 0 radical (unpaired) electrons. The molecule has 0 saturated heterocycles. The van der Waals surface area contributed by atoms with Gasteiger partial charge in [0.25, 0.3) is 0 Å². The number of aryl methyl sites for hydroxylation is 2. The van der Waals surface area contributed by atoms with E-state index in [4.69, 9.17) is 0 Å². The number of nitrogens with one attached hydrogen (secondary N) is 1. The third-order valence-corrected chi connectivity index (χ3v) is 3.50. The highest BCUT2D eigenvalue weighted by Gasteiger charge is 2.10. The van der Waals surface area contributed by atoms with E-state index in [-0.39, 0.29) is 0 Å². The number of benzene rings is 1. The highest BCUT2D eigenvalue weighted by Crippen LogP contribution is 2.19. The summed E-state index contributed by atoms with van der Waals surface area (Å²) in [6.45, 7) is 5.37. The normalized spacial score (nSPS) is 12.3. The zero-order valence-electron chi connectivity index (χ0n) is 12.5. The molecule has 1 heterocycles. The van der Waals surface area contributed by atoms with Crippen LogP contribution in [0.3, 0.4) is 0 Å². The van der Waals surface area contributed by atoms with Crippen LogP contribution in [0.2, 0.25) is 0 Å². The first-order valence-electron chi connectivity index (χ1n) is 7.48. The Morgan fingerprint density at radius 1 is 1.15 bits per heavy atom. The summed E-state index contributed by atoms with van der Waals surface area (Å²) >= 11 is 0. The lowest BCUT2D eigenvalue weighted by molar-refractivity contribution is 0.499. The zero-order valence-corrected chi connectivity index (χ0v) is 12.5. The van der Waals surface area contributed by atoms with Crippen molar-refractivity contribution in [2.24, 2.45) is 0 Å². The van der Waals surface area contributed by atoms with E-state index >= 15 is 0 Å². The number of nitrogens with zero attached hydrogens (tertiary/aromatic N) is 1. The zero-order chi connectivity index (χ0) is 14.2. The minimum Gasteiger partial charge on any atom is -0.310 e. The third-order valence-electron chi connectivity index (χ3n) is 3.50. The SMILES string of the molecule is CCCNC(CCc1cncc(C)c1)c1ccccc1. The van der Waals surface area contributed by atoms with E-state index in [9.17, 15) is 0 Å². The maximum absolute atomic E-state index is 4.28. The maximum Gasteiger partial charge on any atom is 0.0323 e. The lowest BCUT2D eigenvalue weighted by Crippen LogP contribution is -2.22. The van der Waals surface area contributed by atoms with Crippen molar-refractivity contribution in [2.45, 2.75) is 39.2 Å². The van der Waals surface area contributed by atoms with Gasteiger partial charge in [0.2, 0.25) is 0 Å². The minimum absolute atomic E-state index is 0.427. The van der Waals surface area contributed by atoms with Crippen molar-refractivity contribution in [1.29, 1.82) is 0 Å². The molecule has 1 aromatic carbocycles. The van der Waals surface area contributed by atoms with E-state index in [2.05, 4.69) is 60.5 Å². The summed E-state index contributed by atoms with van der Waals surface area (Å²) in [5.41, 5.74) is 3.94. The molecule has 2 rings (SSSR count). The second-order valence-corrected chi connectivity index (χ2v) is 5.33. The van der Waals surface area contributed by atoms with E-state index < -0.39 is 0 Å². The van der Waals surface area contributed by atoms with Gasteiger partial charge in [-0.25, -0.2) is 0 Å². The van der Waals surface area contributed by atoms with Crippen LogP contribution in [0.4, 0.5) is 0 Å². The molecule has 2 aromatic rings. The number of pyridine rings is 1. The van der Waals surface area contributed by atoms with Crippen LogP contribution in [0.25, 0.3) is 0 Å². The largest absolute Gasteiger partial charge is 0.310 e. The predicted octanol–water partition coefficient (Wildman–Crippen LogP) is 4.06. The Balaban J connectivity index is 2.01. The van der Waals surface area contributed by atoms with Crippen molar-refractivity contribution in [2.75, 3.05) is 6.54 Å². The Bertz CT molecular complexity index is 508. The van der Waals surface area contributed by atoms with E-state index in [1.807, 2.05) is 12.4 Å². The second-order valence-electron chi connectivity index (χ2n) is 5.33. The molecule has 1 aromatic heterocycles. The summed E-state index contributed by atoms with van der Waals surface area (Å²) in [6.07, 6.45) is 7.22. The predicted molar refractivity (Wildman–Crippen MR) is 84.8 cm³/mol. The molecule has 0 spiro atoms. The van der Waals surface area contributed by atoms with Crippen LogP contribution in [0.15, 0.2) is 48.8 Å². The Morgan fingerprint density at radius 3 is 2.65 bits per heavy atom. The summed E-state index contributed by atoms with van der Waals surface area (Å²) in [7, 11) is 0. The van der Waals surface area contributed by atoms with Gasteiger partial charge in [-0.1, -0.05) is 43.3 Å². The Hall–Kier alpha value is -1.67. The molecule has 2 nitrogen and oxygen atoms in total. The summed E-state index contributed by atoms with van der Waals surface area (Å²) in [5, 5.41) is 3.65. The van der Waals surface area contributed by atoms with Crippen LogP contribution in [-0.4, -0.2) is 11.5 Å². The van der Waals surface area contributed by atoms with Gasteiger partial charge in [-0.2, -0.15) is 0 Å². The fraction of sp³-hybridized carbons (Fsp3) is 0.389. The van der Waals surface area contributed by atoms with Gasteiger partial charge >= 0.3 is 0 Å². The Labute approximate surface area is 122 Å². The molecule has 20 heavy (non-hydrogen) atoms. The van der Waals surface area contributed by atoms with Crippen molar-refractivity contribution in [1.82, 2.24) is 10.3 Å². The van der Waals surface area contributed by atoms with Crippen LogP contribution in [0, 0.1) is 6.92 Å². The van der Waals surface area contributed by atoms with E-state index in [1.165, 1.54) is 16.7 Å². The van der Waals surface area contributed by atoms with E-state index in [0.717, 1.165) is 25.8 Å². The molecule has 0 aliphatic heterocycles. The van der Waals surface area contributed by atoms with E-state index in [0.29, 0.717) is 6.04 Å². The lowest BCUT2D eigenvalue weighted by Gasteiger charge is -2.19. The standard InChI is InChI=1S/C18H24N2/c1-3-11-20-18(17-7-5-4-6-8-17)10-9-16-12-15(2)13-19-14-16/h4-8,12-14,18,20H,3,9-11H2,1-2H3. The molecule has 0 aliphatic rings. The number of hydrogen-bond acceptors (Lipinski definition) is 2. The van der Waals surface area contributed by atoms with Crippen molar-refractivity contribution < 1.29 is 0 Å². The van der Waals surface area contributed by atoms with Crippen LogP contribution in [0.5, 0.6) is 0 Å². The molecule has 106 valence electrons. The summed E-state index contributed by atoms with van der Waals surface area (Å²) in [5.74, 6) is 0. The quantitative estimate of drug-likeness (QED) is 0.819. The van der Waals surface area contributed by atoms with Crippen LogP contribution in [0.1, 0.15) is 42.5 Å². The topological polar surface area (TPSA) is 24.9 Å². The molecule has 2 heteroatoms. The van der Waals surface area contributed by atoms with Crippen LogP contribution < -0.4 is 5.32 Å². The van der Waals surface area contributed by atoms with Gasteiger partial charge in [0.05, 0.1) is 0 Å². The lowest BCUT2D eigenvalue weighted by atomic mass is 9.99. The molecular formula is C18H24N2. The first-order valence-corrected chi connectivity index (χ1v) is 7.48. The molecule has 0 fully saturated rings. The monoisotopic (exact) mass is 268 g/mol. The summed E-state index contributed by atoms with van der Waals surface area (Å²) in [6, 6.07) is 13.4. The van der Waals surface area contributed by atoms with E-state index in [1.54, 1.807) is 0 Å². The van der Waals surface area contributed by atoms with Crippen molar-refractivity contribution in [3.05, 3.63) is 65.5 Å².